The first-order valence-corrected chi connectivity index (χ1v) is 12.0. The SMILES string of the molecule is COc1ccccc1/C=c1\sc2n(c1=O)C(c1ccc(F)cc1)C1=C(N=2)c2ccccc2CC1. The van der Waals surface area contributed by atoms with Crippen LogP contribution in [0.2, 0.25) is 0 Å². The molecule has 0 radical (unpaired) electrons. The molecule has 168 valence electrons. The Kier molecular flexibility index (Phi) is 5.03. The summed E-state index contributed by atoms with van der Waals surface area (Å²) in [6.07, 6.45) is 3.54. The standard InChI is InChI=1S/C28H21FN2O2S/c1-33-23-9-5-3-7-19(23)16-24-27(32)31-26(18-10-13-20(29)14-11-18)22-15-12-17-6-2-4-8-21(17)25(22)30-28(31)34-24/h2-11,13-14,16,26H,12,15H2,1H3/b24-16-. The number of hydrogen-bond acceptors (Lipinski definition) is 4. The van der Waals surface area contributed by atoms with E-state index >= 15 is 0 Å². The third kappa shape index (κ3) is 3.33. The van der Waals surface area contributed by atoms with E-state index in [1.807, 2.05) is 42.5 Å². The lowest BCUT2D eigenvalue weighted by Gasteiger charge is -2.30. The second kappa shape index (κ2) is 8.22. The van der Waals surface area contributed by atoms with Crippen molar-refractivity contribution < 1.29 is 9.13 Å². The van der Waals surface area contributed by atoms with E-state index in [2.05, 4.69) is 12.1 Å². The van der Waals surface area contributed by atoms with E-state index in [4.69, 9.17) is 9.73 Å². The van der Waals surface area contributed by atoms with Crippen LogP contribution in [0.5, 0.6) is 5.75 Å². The van der Waals surface area contributed by atoms with Gasteiger partial charge in [0.15, 0.2) is 4.80 Å². The molecule has 34 heavy (non-hydrogen) atoms. The van der Waals surface area contributed by atoms with Gasteiger partial charge in [0.05, 0.1) is 23.4 Å². The molecular formula is C28H21FN2O2S. The fourth-order valence-electron chi connectivity index (χ4n) is 4.89. The number of allylic oxidation sites excluding steroid dienone is 1. The molecule has 1 aliphatic heterocycles. The molecule has 0 amide bonds. The summed E-state index contributed by atoms with van der Waals surface area (Å²) in [4.78, 5) is 19.4. The normalized spacial score (nSPS) is 17.0. The Hall–Kier alpha value is -3.77. The highest BCUT2D eigenvalue weighted by Crippen LogP contribution is 2.41. The maximum absolute atomic E-state index is 13.8. The molecule has 0 N–H and O–H groups in total. The van der Waals surface area contributed by atoms with Gasteiger partial charge in [-0.05, 0) is 53.8 Å². The van der Waals surface area contributed by atoms with E-state index < -0.39 is 0 Å². The van der Waals surface area contributed by atoms with E-state index in [9.17, 15) is 9.18 Å². The first-order valence-electron chi connectivity index (χ1n) is 11.2. The van der Waals surface area contributed by atoms with Gasteiger partial charge >= 0.3 is 0 Å². The lowest BCUT2D eigenvalue weighted by atomic mass is 9.83. The van der Waals surface area contributed by atoms with Crippen molar-refractivity contribution >= 4 is 23.1 Å². The number of halogens is 1. The molecule has 0 saturated carbocycles. The molecule has 2 heterocycles. The van der Waals surface area contributed by atoms with Crippen molar-refractivity contribution in [1.82, 2.24) is 4.57 Å². The van der Waals surface area contributed by atoms with Crippen molar-refractivity contribution in [1.29, 1.82) is 0 Å². The van der Waals surface area contributed by atoms with Crippen LogP contribution < -0.4 is 19.6 Å². The Morgan fingerprint density at radius 2 is 1.79 bits per heavy atom. The number of para-hydroxylation sites is 1. The number of nitrogens with zero attached hydrogens (tertiary/aromatic N) is 2. The Labute approximate surface area is 199 Å². The van der Waals surface area contributed by atoms with Gasteiger partial charge in [-0.3, -0.25) is 9.36 Å². The first-order chi connectivity index (χ1) is 16.6. The van der Waals surface area contributed by atoms with Gasteiger partial charge in [0, 0.05) is 11.1 Å². The number of benzene rings is 3. The molecule has 6 heteroatoms. The van der Waals surface area contributed by atoms with Crippen LogP contribution in [0.4, 0.5) is 4.39 Å². The van der Waals surface area contributed by atoms with Crippen LogP contribution in [0.3, 0.4) is 0 Å². The van der Waals surface area contributed by atoms with E-state index in [-0.39, 0.29) is 17.4 Å². The van der Waals surface area contributed by atoms with Crippen molar-refractivity contribution in [2.75, 3.05) is 7.11 Å². The summed E-state index contributed by atoms with van der Waals surface area (Å²) in [5.41, 5.74) is 6.02. The van der Waals surface area contributed by atoms with Gasteiger partial charge < -0.3 is 4.74 Å². The Bertz CT molecular complexity index is 1630. The monoisotopic (exact) mass is 468 g/mol. The molecule has 3 aromatic carbocycles. The largest absolute Gasteiger partial charge is 0.496 e. The fraction of sp³-hybridized carbons (Fsp3) is 0.143. The predicted octanol–water partition coefficient (Wildman–Crippen LogP) is 4.47. The number of aromatic nitrogens is 1. The van der Waals surface area contributed by atoms with Gasteiger partial charge in [-0.25, -0.2) is 9.38 Å². The zero-order chi connectivity index (χ0) is 23.2. The summed E-state index contributed by atoms with van der Waals surface area (Å²) < 4.78 is 21.6. The van der Waals surface area contributed by atoms with Crippen LogP contribution >= 0.6 is 11.3 Å². The molecule has 0 fully saturated rings. The Morgan fingerprint density at radius 3 is 2.62 bits per heavy atom. The van der Waals surface area contributed by atoms with Crippen molar-refractivity contribution in [3.63, 3.8) is 0 Å². The molecule has 6 rings (SSSR count). The third-order valence-electron chi connectivity index (χ3n) is 6.48. The lowest BCUT2D eigenvalue weighted by Crippen LogP contribution is -2.38. The Morgan fingerprint density at radius 1 is 1.03 bits per heavy atom. The molecule has 0 spiro atoms. The van der Waals surface area contributed by atoms with Crippen LogP contribution in [-0.4, -0.2) is 11.7 Å². The van der Waals surface area contributed by atoms with E-state index in [0.717, 1.165) is 40.8 Å². The Balaban J connectivity index is 1.63. The van der Waals surface area contributed by atoms with Gasteiger partial charge in [-0.1, -0.05) is 65.9 Å². The molecule has 1 aliphatic carbocycles. The number of thiazole rings is 1. The molecule has 1 atom stereocenters. The van der Waals surface area contributed by atoms with E-state index in [1.165, 1.54) is 29.0 Å². The van der Waals surface area contributed by atoms with Gasteiger partial charge in [0.1, 0.15) is 11.6 Å². The van der Waals surface area contributed by atoms with Gasteiger partial charge in [-0.2, -0.15) is 0 Å². The van der Waals surface area contributed by atoms with Crippen LogP contribution in [0, 0.1) is 5.82 Å². The van der Waals surface area contributed by atoms with E-state index in [1.54, 1.807) is 23.8 Å². The minimum Gasteiger partial charge on any atom is -0.496 e. The van der Waals surface area contributed by atoms with Crippen LogP contribution in [-0.2, 0) is 6.42 Å². The molecular weight excluding hydrogens is 447 g/mol. The number of hydrogen-bond donors (Lipinski definition) is 0. The number of methoxy groups -OCH3 is 1. The summed E-state index contributed by atoms with van der Waals surface area (Å²) in [6, 6.07) is 22.1. The van der Waals surface area contributed by atoms with Gasteiger partial charge in [0.2, 0.25) is 0 Å². The van der Waals surface area contributed by atoms with Crippen LogP contribution in [0.15, 0.2) is 88.2 Å². The molecule has 4 aromatic rings. The molecule has 0 bridgehead atoms. The third-order valence-corrected chi connectivity index (χ3v) is 7.47. The van der Waals surface area contributed by atoms with Gasteiger partial charge in [-0.15, -0.1) is 0 Å². The molecule has 1 unspecified atom stereocenters. The molecule has 4 nitrogen and oxygen atoms in total. The zero-order valence-corrected chi connectivity index (χ0v) is 19.3. The summed E-state index contributed by atoms with van der Waals surface area (Å²) in [5.74, 6) is 0.409. The predicted molar refractivity (Wildman–Crippen MR) is 132 cm³/mol. The van der Waals surface area contributed by atoms with E-state index in [0.29, 0.717) is 15.1 Å². The minimum absolute atomic E-state index is 0.102. The number of rotatable bonds is 3. The van der Waals surface area contributed by atoms with Gasteiger partial charge in [0.25, 0.3) is 5.56 Å². The first kappa shape index (κ1) is 20.8. The van der Waals surface area contributed by atoms with Crippen molar-refractivity contribution in [3.8, 4) is 5.75 Å². The topological polar surface area (TPSA) is 43.6 Å². The highest BCUT2D eigenvalue weighted by Gasteiger charge is 2.32. The second-order valence-corrected chi connectivity index (χ2v) is 9.42. The maximum atomic E-state index is 13.8. The second-order valence-electron chi connectivity index (χ2n) is 8.41. The van der Waals surface area contributed by atoms with Crippen molar-refractivity contribution in [3.05, 3.63) is 126 Å². The highest BCUT2D eigenvalue weighted by molar-refractivity contribution is 7.07. The molecule has 0 saturated heterocycles. The van der Waals surface area contributed by atoms with Crippen molar-refractivity contribution in [2.24, 2.45) is 4.99 Å². The highest BCUT2D eigenvalue weighted by atomic mass is 32.1. The number of aryl methyl sites for hydroxylation is 1. The van der Waals surface area contributed by atoms with Crippen LogP contribution in [0.25, 0.3) is 11.8 Å². The smallest absolute Gasteiger partial charge is 0.271 e. The fourth-order valence-corrected chi connectivity index (χ4v) is 5.89. The average molecular weight is 469 g/mol. The quantitative estimate of drug-likeness (QED) is 0.446. The summed E-state index contributed by atoms with van der Waals surface area (Å²) >= 11 is 1.37. The van der Waals surface area contributed by atoms with Crippen LogP contribution in [0.1, 0.15) is 34.7 Å². The number of fused-ring (bicyclic) bond motifs is 3. The van der Waals surface area contributed by atoms with Crippen molar-refractivity contribution in [2.45, 2.75) is 18.9 Å². The molecule has 1 aromatic heterocycles. The molecule has 2 aliphatic rings. The minimum atomic E-state index is -0.319. The maximum Gasteiger partial charge on any atom is 0.271 e. The number of ether oxygens (including phenoxy) is 1. The summed E-state index contributed by atoms with van der Waals surface area (Å²) in [7, 11) is 1.62. The zero-order valence-electron chi connectivity index (χ0n) is 18.5. The lowest BCUT2D eigenvalue weighted by molar-refractivity contribution is 0.414. The summed E-state index contributed by atoms with van der Waals surface area (Å²) in [5, 5.41) is 0. The summed E-state index contributed by atoms with van der Waals surface area (Å²) in [6.45, 7) is 0. The average Bonchev–Trinajstić information content (AvgIpc) is 3.18.